The SMILES string of the molecule is CC(C)CC1C(=O)NC2(CCCC2)C(=O)N1C. The van der Waals surface area contributed by atoms with E-state index >= 15 is 0 Å². The van der Waals surface area contributed by atoms with E-state index in [1.165, 1.54) is 0 Å². The Labute approximate surface area is 103 Å². The lowest BCUT2D eigenvalue weighted by atomic mass is 9.89. The summed E-state index contributed by atoms with van der Waals surface area (Å²) in [6, 6.07) is -0.284. The third kappa shape index (κ3) is 2.05. The van der Waals surface area contributed by atoms with E-state index in [4.69, 9.17) is 0 Å². The van der Waals surface area contributed by atoms with Gasteiger partial charge in [-0.3, -0.25) is 9.59 Å². The van der Waals surface area contributed by atoms with Crippen LogP contribution in [0.3, 0.4) is 0 Å². The number of nitrogens with one attached hydrogen (secondary N) is 1. The van der Waals surface area contributed by atoms with Gasteiger partial charge >= 0.3 is 0 Å². The predicted molar refractivity (Wildman–Crippen MR) is 65.4 cm³/mol. The van der Waals surface area contributed by atoms with Crippen molar-refractivity contribution < 1.29 is 9.59 Å². The standard InChI is InChI=1S/C13H22N2O2/c1-9(2)8-10-11(16)14-13(6-4-5-7-13)12(17)15(10)3/h9-10H,4-8H2,1-3H3,(H,14,16). The molecule has 1 unspecified atom stereocenters. The van der Waals surface area contributed by atoms with E-state index in [0.717, 1.165) is 32.1 Å². The van der Waals surface area contributed by atoms with E-state index in [1.54, 1.807) is 11.9 Å². The maximum absolute atomic E-state index is 12.4. The van der Waals surface area contributed by atoms with Crippen LogP contribution in [0.5, 0.6) is 0 Å². The number of amides is 2. The van der Waals surface area contributed by atoms with Gasteiger partial charge in [0.05, 0.1) is 0 Å². The van der Waals surface area contributed by atoms with Crippen LogP contribution in [0.1, 0.15) is 46.0 Å². The second-order valence-corrected chi connectivity index (χ2v) is 5.84. The van der Waals surface area contributed by atoms with Crippen LogP contribution in [0.15, 0.2) is 0 Å². The molecule has 1 N–H and O–H groups in total. The fourth-order valence-electron chi connectivity index (χ4n) is 3.06. The predicted octanol–water partition coefficient (Wildman–Crippen LogP) is 1.30. The minimum Gasteiger partial charge on any atom is -0.340 e. The summed E-state index contributed by atoms with van der Waals surface area (Å²) in [5, 5.41) is 3.00. The van der Waals surface area contributed by atoms with Crippen molar-refractivity contribution in [2.24, 2.45) is 5.92 Å². The zero-order valence-electron chi connectivity index (χ0n) is 11.0. The second kappa shape index (κ2) is 4.31. The Hall–Kier alpha value is -1.06. The molecule has 0 aromatic rings. The number of carbonyl (C=O) groups is 2. The second-order valence-electron chi connectivity index (χ2n) is 5.84. The van der Waals surface area contributed by atoms with Crippen molar-refractivity contribution in [1.29, 1.82) is 0 Å². The zero-order chi connectivity index (χ0) is 12.6. The lowest BCUT2D eigenvalue weighted by molar-refractivity contribution is -0.153. The lowest BCUT2D eigenvalue weighted by Crippen LogP contribution is -2.68. The van der Waals surface area contributed by atoms with E-state index in [9.17, 15) is 9.59 Å². The number of piperazine rings is 1. The number of hydrogen-bond acceptors (Lipinski definition) is 2. The Balaban J connectivity index is 2.18. The third-order valence-electron chi connectivity index (χ3n) is 4.01. The van der Waals surface area contributed by atoms with Gasteiger partial charge in [-0.1, -0.05) is 26.7 Å². The average molecular weight is 238 g/mol. The number of rotatable bonds is 2. The third-order valence-corrected chi connectivity index (χ3v) is 4.01. The van der Waals surface area contributed by atoms with Gasteiger partial charge in [-0.25, -0.2) is 0 Å². The minimum atomic E-state index is -0.570. The molecule has 1 aliphatic carbocycles. The Kier molecular flexibility index (Phi) is 3.15. The molecule has 1 atom stereocenters. The summed E-state index contributed by atoms with van der Waals surface area (Å²) < 4.78 is 0. The van der Waals surface area contributed by atoms with Crippen molar-refractivity contribution in [1.82, 2.24) is 10.2 Å². The first-order chi connectivity index (χ1) is 7.96. The van der Waals surface area contributed by atoms with Crippen LogP contribution in [0, 0.1) is 5.92 Å². The van der Waals surface area contributed by atoms with Crippen molar-refractivity contribution in [2.75, 3.05) is 7.05 Å². The van der Waals surface area contributed by atoms with E-state index < -0.39 is 5.54 Å². The average Bonchev–Trinajstić information content (AvgIpc) is 2.71. The molecule has 2 aliphatic rings. The van der Waals surface area contributed by atoms with Crippen molar-refractivity contribution >= 4 is 11.8 Å². The normalized spacial score (nSPS) is 28.0. The molecule has 0 bridgehead atoms. The van der Waals surface area contributed by atoms with Gasteiger partial charge in [0.2, 0.25) is 11.8 Å². The Morgan fingerprint density at radius 1 is 1.35 bits per heavy atom. The molecular formula is C13H22N2O2. The number of hydrogen-bond donors (Lipinski definition) is 1. The van der Waals surface area contributed by atoms with Crippen LogP contribution in [-0.4, -0.2) is 35.3 Å². The quantitative estimate of drug-likeness (QED) is 0.788. The van der Waals surface area contributed by atoms with E-state index in [0.29, 0.717) is 5.92 Å². The van der Waals surface area contributed by atoms with Crippen LogP contribution in [0.2, 0.25) is 0 Å². The number of carbonyl (C=O) groups excluding carboxylic acids is 2. The molecule has 0 aromatic carbocycles. The summed E-state index contributed by atoms with van der Waals surface area (Å²) in [7, 11) is 1.77. The van der Waals surface area contributed by atoms with Crippen molar-refractivity contribution in [3.8, 4) is 0 Å². The fraction of sp³-hybridized carbons (Fsp3) is 0.846. The molecule has 1 aliphatic heterocycles. The van der Waals surface area contributed by atoms with Crippen LogP contribution >= 0.6 is 0 Å². The van der Waals surface area contributed by atoms with Crippen LogP contribution in [-0.2, 0) is 9.59 Å². The lowest BCUT2D eigenvalue weighted by Gasteiger charge is -2.43. The molecular weight excluding hydrogens is 216 g/mol. The Morgan fingerprint density at radius 2 is 1.94 bits per heavy atom. The van der Waals surface area contributed by atoms with Crippen LogP contribution < -0.4 is 5.32 Å². The summed E-state index contributed by atoms with van der Waals surface area (Å²) in [5.41, 5.74) is -0.570. The molecule has 1 spiro atoms. The topological polar surface area (TPSA) is 49.4 Å². The summed E-state index contributed by atoms with van der Waals surface area (Å²) in [6.07, 6.45) is 4.42. The van der Waals surface area contributed by atoms with E-state index in [-0.39, 0.29) is 17.9 Å². The molecule has 17 heavy (non-hydrogen) atoms. The summed E-state index contributed by atoms with van der Waals surface area (Å²) in [6.45, 7) is 4.15. The van der Waals surface area contributed by atoms with Gasteiger partial charge < -0.3 is 10.2 Å². The summed E-state index contributed by atoms with van der Waals surface area (Å²) in [5.74, 6) is 0.557. The zero-order valence-corrected chi connectivity index (χ0v) is 11.0. The first-order valence-corrected chi connectivity index (χ1v) is 6.55. The molecule has 2 amide bonds. The maximum atomic E-state index is 12.4. The molecule has 2 fully saturated rings. The van der Waals surface area contributed by atoms with Crippen molar-refractivity contribution in [3.63, 3.8) is 0 Å². The first-order valence-electron chi connectivity index (χ1n) is 6.55. The van der Waals surface area contributed by atoms with Gasteiger partial charge in [0.25, 0.3) is 0 Å². The van der Waals surface area contributed by atoms with Crippen LogP contribution in [0.4, 0.5) is 0 Å². The maximum Gasteiger partial charge on any atom is 0.248 e. The van der Waals surface area contributed by atoms with Gasteiger partial charge in [0.15, 0.2) is 0 Å². The van der Waals surface area contributed by atoms with Gasteiger partial charge in [0.1, 0.15) is 11.6 Å². The highest BCUT2D eigenvalue weighted by Gasteiger charge is 2.50. The largest absolute Gasteiger partial charge is 0.340 e. The van der Waals surface area contributed by atoms with Gasteiger partial charge in [-0.05, 0) is 25.2 Å². The van der Waals surface area contributed by atoms with Crippen molar-refractivity contribution in [2.45, 2.75) is 57.5 Å². The molecule has 4 nitrogen and oxygen atoms in total. The highest BCUT2D eigenvalue weighted by atomic mass is 16.2. The monoisotopic (exact) mass is 238 g/mol. The molecule has 2 rings (SSSR count). The molecule has 1 heterocycles. The molecule has 0 radical (unpaired) electrons. The van der Waals surface area contributed by atoms with E-state index in [1.807, 2.05) is 0 Å². The highest BCUT2D eigenvalue weighted by Crippen LogP contribution is 2.34. The Bertz CT molecular complexity index is 332. The molecule has 1 saturated carbocycles. The molecule has 1 saturated heterocycles. The van der Waals surface area contributed by atoms with Gasteiger partial charge in [-0.2, -0.15) is 0 Å². The van der Waals surface area contributed by atoms with Crippen molar-refractivity contribution in [3.05, 3.63) is 0 Å². The smallest absolute Gasteiger partial charge is 0.248 e. The minimum absolute atomic E-state index is 0.0303. The number of nitrogens with zero attached hydrogens (tertiary/aromatic N) is 1. The van der Waals surface area contributed by atoms with Gasteiger partial charge in [0, 0.05) is 7.05 Å². The van der Waals surface area contributed by atoms with Crippen LogP contribution in [0.25, 0.3) is 0 Å². The molecule has 4 heteroatoms. The van der Waals surface area contributed by atoms with Gasteiger partial charge in [-0.15, -0.1) is 0 Å². The highest BCUT2D eigenvalue weighted by molar-refractivity contribution is 5.99. The fourth-order valence-corrected chi connectivity index (χ4v) is 3.06. The Morgan fingerprint density at radius 3 is 2.47 bits per heavy atom. The van der Waals surface area contributed by atoms with E-state index in [2.05, 4.69) is 19.2 Å². The molecule has 96 valence electrons. The summed E-state index contributed by atoms with van der Waals surface area (Å²) in [4.78, 5) is 26.2. The number of likely N-dealkylation sites (N-methyl/N-ethyl adjacent to an activating group) is 1. The first kappa shape index (κ1) is 12.4. The molecule has 0 aromatic heterocycles. The summed E-state index contributed by atoms with van der Waals surface area (Å²) >= 11 is 0.